The summed E-state index contributed by atoms with van der Waals surface area (Å²) in [7, 11) is 0. The molecule has 0 spiro atoms. The fraction of sp³-hybridized carbons (Fsp3) is 0.524. The van der Waals surface area contributed by atoms with Crippen molar-refractivity contribution in [2.45, 2.75) is 59.0 Å². The van der Waals surface area contributed by atoms with Gasteiger partial charge >= 0.3 is 5.97 Å². The molecule has 1 aromatic heterocycles. The third-order valence-corrected chi connectivity index (χ3v) is 5.41. The maximum atomic E-state index is 13.2. The number of nitrogens with one attached hydrogen (secondary N) is 1. The molecule has 5 nitrogen and oxygen atoms in total. The highest BCUT2D eigenvalue weighted by molar-refractivity contribution is 5.94. The number of hydrogen-bond donors (Lipinski definition) is 1. The number of esters is 1. The number of aryl methyl sites for hydroxylation is 1. The topological polar surface area (TPSA) is 62.4 Å². The molecule has 1 aliphatic rings. The third kappa shape index (κ3) is 3.68. The van der Waals surface area contributed by atoms with Crippen molar-refractivity contribution in [1.82, 2.24) is 9.88 Å². The second-order valence-electron chi connectivity index (χ2n) is 7.07. The first kappa shape index (κ1) is 18.6. The van der Waals surface area contributed by atoms with Crippen LogP contribution >= 0.6 is 0 Å². The number of likely N-dealkylation sites (tertiary alicyclic amines) is 1. The number of hydrogen-bond acceptors (Lipinski definition) is 4. The zero-order chi connectivity index (χ0) is 18.7. The summed E-state index contributed by atoms with van der Waals surface area (Å²) in [5.41, 5.74) is 2.91. The van der Waals surface area contributed by atoms with Crippen LogP contribution in [0, 0.1) is 6.92 Å². The average molecular weight is 356 g/mol. The number of benzene rings is 1. The highest BCUT2D eigenvalue weighted by atomic mass is 16.5. The Hall–Kier alpha value is -2.14. The number of carbonyl (C=O) groups is 1. The number of aromatic amines is 1. The third-order valence-electron chi connectivity index (χ3n) is 5.41. The first-order valence-electron chi connectivity index (χ1n) is 9.61. The van der Waals surface area contributed by atoms with Gasteiger partial charge in [0.25, 0.3) is 0 Å². The van der Waals surface area contributed by atoms with Crippen LogP contribution < -0.4 is 5.43 Å². The highest BCUT2D eigenvalue weighted by Crippen LogP contribution is 2.22. The minimum absolute atomic E-state index is 0.0165. The summed E-state index contributed by atoms with van der Waals surface area (Å²) in [5, 5.41) is 0.557. The molecule has 26 heavy (non-hydrogen) atoms. The summed E-state index contributed by atoms with van der Waals surface area (Å²) >= 11 is 0. The molecule has 140 valence electrons. The van der Waals surface area contributed by atoms with Gasteiger partial charge in [0.2, 0.25) is 0 Å². The summed E-state index contributed by atoms with van der Waals surface area (Å²) in [6, 6.07) is 5.69. The largest absolute Gasteiger partial charge is 0.462 e. The van der Waals surface area contributed by atoms with Crippen LogP contribution in [0.3, 0.4) is 0 Å². The molecule has 1 saturated heterocycles. The summed E-state index contributed by atoms with van der Waals surface area (Å²) in [6.45, 7) is 7.97. The van der Waals surface area contributed by atoms with Gasteiger partial charge in [-0.05, 0) is 57.9 Å². The van der Waals surface area contributed by atoms with Crippen LogP contribution in [0.4, 0.5) is 0 Å². The number of aromatic nitrogens is 1. The Morgan fingerprint density at radius 1 is 1.31 bits per heavy atom. The van der Waals surface area contributed by atoms with Gasteiger partial charge in [0.1, 0.15) is 0 Å². The lowest BCUT2D eigenvalue weighted by Crippen LogP contribution is -2.39. The fourth-order valence-corrected chi connectivity index (χ4v) is 3.92. The van der Waals surface area contributed by atoms with Gasteiger partial charge in [-0.3, -0.25) is 9.69 Å². The molecular weight excluding hydrogens is 328 g/mol. The van der Waals surface area contributed by atoms with Crippen molar-refractivity contribution in [3.63, 3.8) is 0 Å². The van der Waals surface area contributed by atoms with Gasteiger partial charge in [-0.15, -0.1) is 0 Å². The Balaban J connectivity index is 1.99. The number of piperidine rings is 1. The van der Waals surface area contributed by atoms with Crippen LogP contribution in [0.25, 0.3) is 10.9 Å². The number of nitrogens with zero attached hydrogens (tertiary/aromatic N) is 1. The molecule has 1 fully saturated rings. The first-order chi connectivity index (χ1) is 12.5. The molecule has 0 radical (unpaired) electrons. The lowest BCUT2D eigenvalue weighted by Gasteiger charge is -2.35. The van der Waals surface area contributed by atoms with Gasteiger partial charge in [0, 0.05) is 34.7 Å². The van der Waals surface area contributed by atoms with E-state index in [2.05, 4.69) is 16.8 Å². The van der Waals surface area contributed by atoms with Gasteiger partial charge in [0.15, 0.2) is 5.43 Å². The predicted octanol–water partition coefficient (Wildman–Crippen LogP) is 3.78. The molecule has 5 heteroatoms. The first-order valence-corrected chi connectivity index (χ1v) is 9.61. The van der Waals surface area contributed by atoms with Crippen molar-refractivity contribution in [1.29, 1.82) is 0 Å². The Bertz CT molecular complexity index is 856. The zero-order valence-corrected chi connectivity index (χ0v) is 15.9. The Morgan fingerprint density at radius 2 is 2.12 bits per heavy atom. The molecule has 2 heterocycles. The maximum absolute atomic E-state index is 13.2. The summed E-state index contributed by atoms with van der Waals surface area (Å²) in [4.78, 5) is 30.9. The molecule has 2 aromatic rings. The van der Waals surface area contributed by atoms with Crippen LogP contribution in [0.1, 0.15) is 61.1 Å². The van der Waals surface area contributed by atoms with E-state index in [1.807, 2.05) is 6.92 Å². The van der Waals surface area contributed by atoms with E-state index in [1.165, 1.54) is 19.3 Å². The molecule has 0 aliphatic carbocycles. The van der Waals surface area contributed by atoms with Crippen LogP contribution in [0.2, 0.25) is 0 Å². The number of rotatable bonds is 5. The van der Waals surface area contributed by atoms with E-state index < -0.39 is 5.97 Å². The second-order valence-corrected chi connectivity index (χ2v) is 7.07. The Kier molecular flexibility index (Phi) is 5.77. The van der Waals surface area contributed by atoms with Crippen molar-refractivity contribution in [2.24, 2.45) is 0 Å². The molecule has 1 unspecified atom stereocenters. The maximum Gasteiger partial charge on any atom is 0.338 e. The molecule has 1 N–H and O–H groups in total. The Morgan fingerprint density at radius 3 is 2.85 bits per heavy atom. The van der Waals surface area contributed by atoms with Crippen molar-refractivity contribution in [3.8, 4) is 0 Å². The van der Waals surface area contributed by atoms with Crippen molar-refractivity contribution < 1.29 is 9.53 Å². The van der Waals surface area contributed by atoms with Crippen LogP contribution in [-0.2, 0) is 11.3 Å². The molecule has 1 atom stereocenters. The lowest BCUT2D eigenvalue weighted by atomic mass is 9.98. The molecule has 0 bridgehead atoms. The molecule has 0 amide bonds. The van der Waals surface area contributed by atoms with Crippen LogP contribution in [0.5, 0.6) is 0 Å². The number of ether oxygens (including phenoxy) is 1. The van der Waals surface area contributed by atoms with Gasteiger partial charge in [-0.25, -0.2) is 4.79 Å². The molecule has 3 rings (SSSR count). The van der Waals surface area contributed by atoms with E-state index in [9.17, 15) is 9.59 Å². The van der Waals surface area contributed by atoms with Gasteiger partial charge in [-0.1, -0.05) is 13.3 Å². The Labute approximate surface area is 154 Å². The standard InChI is InChI=1S/C21H28N2O3/c1-4-16-8-6-7-11-23(16)13-18-14(3)22-19-10-9-15(21(25)26-5-2)12-17(19)20(18)24/h9-10,12,16H,4-8,11,13H2,1-3H3,(H,22,24). The summed E-state index contributed by atoms with van der Waals surface area (Å²) < 4.78 is 5.06. The van der Waals surface area contributed by atoms with Gasteiger partial charge in [0.05, 0.1) is 12.2 Å². The van der Waals surface area contributed by atoms with E-state index in [0.29, 0.717) is 30.1 Å². The quantitative estimate of drug-likeness (QED) is 0.828. The minimum atomic E-state index is -0.391. The predicted molar refractivity (Wildman–Crippen MR) is 104 cm³/mol. The summed E-state index contributed by atoms with van der Waals surface area (Å²) in [5.74, 6) is -0.391. The van der Waals surface area contributed by atoms with Crippen LogP contribution in [-0.4, -0.2) is 35.0 Å². The SMILES string of the molecule is CCOC(=O)c1ccc2[nH]c(C)c(CN3CCCCC3CC)c(=O)c2c1. The van der Waals surface area contributed by atoms with E-state index in [1.54, 1.807) is 25.1 Å². The van der Waals surface area contributed by atoms with E-state index >= 15 is 0 Å². The number of H-pyrrole nitrogens is 1. The molecule has 1 aromatic carbocycles. The monoisotopic (exact) mass is 356 g/mol. The molecular formula is C21H28N2O3. The van der Waals surface area contributed by atoms with E-state index in [-0.39, 0.29) is 5.43 Å². The van der Waals surface area contributed by atoms with Gasteiger partial charge in [-0.2, -0.15) is 0 Å². The van der Waals surface area contributed by atoms with Crippen molar-refractivity contribution >= 4 is 16.9 Å². The number of carbonyl (C=O) groups excluding carboxylic acids is 1. The lowest BCUT2D eigenvalue weighted by molar-refractivity contribution is 0.0526. The number of pyridine rings is 1. The molecule has 0 saturated carbocycles. The smallest absolute Gasteiger partial charge is 0.338 e. The van der Waals surface area contributed by atoms with Gasteiger partial charge < -0.3 is 9.72 Å². The van der Waals surface area contributed by atoms with Crippen LogP contribution in [0.15, 0.2) is 23.0 Å². The van der Waals surface area contributed by atoms with E-state index in [0.717, 1.165) is 29.7 Å². The average Bonchev–Trinajstić information content (AvgIpc) is 2.65. The molecule has 1 aliphatic heterocycles. The normalized spacial score (nSPS) is 18.2. The van der Waals surface area contributed by atoms with Crippen molar-refractivity contribution in [3.05, 3.63) is 45.2 Å². The zero-order valence-electron chi connectivity index (χ0n) is 15.9. The highest BCUT2D eigenvalue weighted by Gasteiger charge is 2.23. The second kappa shape index (κ2) is 8.04. The number of fused-ring (bicyclic) bond motifs is 1. The van der Waals surface area contributed by atoms with E-state index in [4.69, 9.17) is 4.74 Å². The summed E-state index contributed by atoms with van der Waals surface area (Å²) in [6.07, 6.45) is 4.77. The van der Waals surface area contributed by atoms with Crippen molar-refractivity contribution in [2.75, 3.05) is 13.2 Å². The fourth-order valence-electron chi connectivity index (χ4n) is 3.92. The minimum Gasteiger partial charge on any atom is -0.462 e.